The molecule has 1 aliphatic rings. The van der Waals surface area contributed by atoms with E-state index in [1.54, 1.807) is 0 Å². The van der Waals surface area contributed by atoms with Crippen molar-refractivity contribution >= 4 is 21.8 Å². The molecule has 0 bridgehead atoms. The zero-order valence-electron chi connectivity index (χ0n) is 28.5. The fourth-order valence-electron chi connectivity index (χ4n) is 8.17. The normalized spacial score (nSPS) is 13.1. The Hall–Kier alpha value is -6.52. The summed E-state index contributed by atoms with van der Waals surface area (Å²) in [6.45, 7) is 4.62. The first-order valence-corrected chi connectivity index (χ1v) is 17.5. The van der Waals surface area contributed by atoms with Gasteiger partial charge in [-0.3, -0.25) is 9.55 Å². The molecule has 0 spiro atoms. The fourth-order valence-corrected chi connectivity index (χ4v) is 8.17. The number of imidazole rings is 1. The van der Waals surface area contributed by atoms with Crippen molar-refractivity contribution in [1.82, 2.24) is 19.1 Å². The largest absolute Gasteiger partial charge is 0.307 e. The molecular weight excluding hydrogens is 621 g/mol. The van der Waals surface area contributed by atoms with Crippen molar-refractivity contribution in [2.75, 3.05) is 0 Å². The van der Waals surface area contributed by atoms with Gasteiger partial charge in [0.2, 0.25) is 0 Å². The van der Waals surface area contributed by atoms with Gasteiger partial charge in [-0.05, 0) is 53.1 Å². The predicted molar refractivity (Wildman–Crippen MR) is 210 cm³/mol. The molecule has 0 saturated heterocycles. The molecule has 4 heteroatoms. The smallest absolute Gasteiger partial charge is 0.145 e. The number of fused-ring (bicyclic) bond motifs is 6. The Morgan fingerprint density at radius 2 is 1.04 bits per heavy atom. The molecule has 0 unspecified atom stereocenters. The Morgan fingerprint density at radius 3 is 1.75 bits per heavy atom. The van der Waals surface area contributed by atoms with Crippen molar-refractivity contribution in [3.8, 4) is 56.4 Å². The van der Waals surface area contributed by atoms with Crippen molar-refractivity contribution in [2.24, 2.45) is 0 Å². The summed E-state index contributed by atoms with van der Waals surface area (Å²) in [5, 5.41) is 2.42. The molecule has 3 heterocycles. The first-order valence-electron chi connectivity index (χ1n) is 17.5. The van der Waals surface area contributed by atoms with E-state index in [0.29, 0.717) is 0 Å². The second-order valence-electron chi connectivity index (χ2n) is 13.9. The summed E-state index contributed by atoms with van der Waals surface area (Å²) in [5.74, 6) is 0.962. The topological polar surface area (TPSA) is 35.6 Å². The number of aromatic nitrogens is 4. The second kappa shape index (κ2) is 11.3. The van der Waals surface area contributed by atoms with Crippen LogP contribution < -0.4 is 0 Å². The van der Waals surface area contributed by atoms with E-state index >= 15 is 0 Å². The zero-order valence-corrected chi connectivity index (χ0v) is 28.5. The molecule has 10 rings (SSSR count). The number of nitrogens with zero attached hydrogens (tertiary/aromatic N) is 4. The van der Waals surface area contributed by atoms with Crippen LogP contribution in [0.3, 0.4) is 0 Å². The highest BCUT2D eigenvalue weighted by molar-refractivity contribution is 6.13. The quantitative estimate of drug-likeness (QED) is 0.185. The van der Waals surface area contributed by atoms with Crippen molar-refractivity contribution in [3.05, 3.63) is 181 Å². The van der Waals surface area contributed by atoms with E-state index in [-0.39, 0.29) is 5.41 Å². The van der Waals surface area contributed by atoms with Gasteiger partial charge in [0.25, 0.3) is 0 Å². The number of hydrogen-bond donors (Lipinski definition) is 0. The van der Waals surface area contributed by atoms with E-state index in [0.717, 1.165) is 56.4 Å². The standard InChI is InChI=1S/C47H34N4/c1-47(2)40-19-11-9-18-39(40)43-45(47)51(36-15-7-4-8-16-36)46(49-43)34-27-23-32(24-28-34)31-21-25-33(26-22-31)42-44-38(29-30-48-42)37-17-10-12-20-41(37)50(44)35-13-5-3-6-14-35/h3-30H,1-2H3. The van der Waals surface area contributed by atoms with E-state index in [4.69, 9.17) is 9.97 Å². The van der Waals surface area contributed by atoms with Gasteiger partial charge < -0.3 is 4.57 Å². The minimum Gasteiger partial charge on any atom is -0.307 e. The summed E-state index contributed by atoms with van der Waals surface area (Å²) < 4.78 is 4.70. The summed E-state index contributed by atoms with van der Waals surface area (Å²) in [5.41, 5.74) is 14.7. The van der Waals surface area contributed by atoms with Crippen LogP contribution >= 0.6 is 0 Å². The minimum absolute atomic E-state index is 0.177. The molecule has 4 nitrogen and oxygen atoms in total. The molecule has 6 aromatic carbocycles. The maximum atomic E-state index is 5.35. The molecule has 0 amide bonds. The van der Waals surface area contributed by atoms with Crippen molar-refractivity contribution in [2.45, 2.75) is 19.3 Å². The van der Waals surface area contributed by atoms with Crippen LogP contribution in [-0.4, -0.2) is 19.1 Å². The lowest BCUT2D eigenvalue weighted by atomic mass is 9.85. The monoisotopic (exact) mass is 654 g/mol. The van der Waals surface area contributed by atoms with Gasteiger partial charge in [-0.2, -0.15) is 0 Å². The average Bonchev–Trinajstić information content (AvgIpc) is 3.83. The third-order valence-electron chi connectivity index (χ3n) is 10.6. The van der Waals surface area contributed by atoms with E-state index in [1.165, 1.54) is 33.1 Å². The van der Waals surface area contributed by atoms with Gasteiger partial charge in [-0.25, -0.2) is 4.98 Å². The zero-order chi connectivity index (χ0) is 34.1. The summed E-state index contributed by atoms with van der Waals surface area (Å²) in [4.78, 5) is 10.3. The molecular formula is C47H34N4. The molecule has 9 aromatic rings. The highest BCUT2D eigenvalue weighted by atomic mass is 15.1. The van der Waals surface area contributed by atoms with Gasteiger partial charge in [-0.15, -0.1) is 0 Å². The molecule has 3 aromatic heterocycles. The molecule has 0 fully saturated rings. The van der Waals surface area contributed by atoms with Gasteiger partial charge in [0, 0.05) is 50.4 Å². The maximum Gasteiger partial charge on any atom is 0.145 e. The average molecular weight is 655 g/mol. The minimum atomic E-state index is -0.177. The van der Waals surface area contributed by atoms with Crippen LogP contribution in [0.2, 0.25) is 0 Å². The maximum absolute atomic E-state index is 5.35. The van der Waals surface area contributed by atoms with Crippen LogP contribution in [-0.2, 0) is 5.41 Å². The van der Waals surface area contributed by atoms with E-state index in [1.807, 2.05) is 6.20 Å². The fraction of sp³-hybridized carbons (Fsp3) is 0.0638. The number of para-hydroxylation sites is 3. The van der Waals surface area contributed by atoms with E-state index in [9.17, 15) is 0 Å². The van der Waals surface area contributed by atoms with Gasteiger partial charge in [0.05, 0.1) is 28.1 Å². The third kappa shape index (κ3) is 4.46. The van der Waals surface area contributed by atoms with Crippen LogP contribution in [0.4, 0.5) is 0 Å². The predicted octanol–water partition coefficient (Wildman–Crippen LogP) is 11.7. The highest BCUT2D eigenvalue weighted by Crippen LogP contribution is 2.50. The van der Waals surface area contributed by atoms with Crippen LogP contribution in [0, 0.1) is 0 Å². The highest BCUT2D eigenvalue weighted by Gasteiger charge is 2.41. The van der Waals surface area contributed by atoms with Crippen LogP contribution in [0.5, 0.6) is 0 Å². The molecule has 242 valence electrons. The Morgan fingerprint density at radius 1 is 0.471 bits per heavy atom. The van der Waals surface area contributed by atoms with Crippen molar-refractivity contribution in [1.29, 1.82) is 0 Å². The van der Waals surface area contributed by atoms with Gasteiger partial charge >= 0.3 is 0 Å². The Balaban J connectivity index is 1.04. The van der Waals surface area contributed by atoms with Crippen LogP contribution in [0.25, 0.3) is 78.2 Å². The molecule has 0 N–H and O–H groups in total. The van der Waals surface area contributed by atoms with Crippen molar-refractivity contribution in [3.63, 3.8) is 0 Å². The lowest BCUT2D eigenvalue weighted by Gasteiger charge is -2.24. The summed E-state index contributed by atoms with van der Waals surface area (Å²) >= 11 is 0. The first kappa shape index (κ1) is 29.4. The molecule has 0 saturated carbocycles. The summed E-state index contributed by atoms with van der Waals surface area (Å²) in [6.07, 6.45) is 1.93. The molecule has 51 heavy (non-hydrogen) atoms. The Kier molecular flexibility index (Phi) is 6.49. The summed E-state index contributed by atoms with van der Waals surface area (Å²) in [6, 6.07) is 58.3. The number of benzene rings is 6. The van der Waals surface area contributed by atoms with Crippen molar-refractivity contribution < 1.29 is 0 Å². The number of hydrogen-bond acceptors (Lipinski definition) is 2. The van der Waals surface area contributed by atoms with Gasteiger partial charge in [0.15, 0.2) is 0 Å². The van der Waals surface area contributed by atoms with Gasteiger partial charge in [0.1, 0.15) is 5.82 Å². The van der Waals surface area contributed by atoms with Crippen LogP contribution in [0.1, 0.15) is 25.1 Å². The summed E-state index contributed by atoms with van der Waals surface area (Å²) in [7, 11) is 0. The first-order chi connectivity index (χ1) is 25.1. The number of pyridine rings is 1. The molecule has 0 radical (unpaired) electrons. The Bertz CT molecular complexity index is 2730. The molecule has 0 aliphatic heterocycles. The Labute approximate surface area is 297 Å². The van der Waals surface area contributed by atoms with Crippen LogP contribution in [0.15, 0.2) is 170 Å². The lowest BCUT2D eigenvalue weighted by molar-refractivity contribution is 0.621. The molecule has 1 aliphatic carbocycles. The lowest BCUT2D eigenvalue weighted by Crippen LogP contribution is -2.20. The van der Waals surface area contributed by atoms with E-state index in [2.05, 4.69) is 187 Å². The number of rotatable bonds is 5. The second-order valence-corrected chi connectivity index (χ2v) is 13.9. The van der Waals surface area contributed by atoms with E-state index < -0.39 is 0 Å². The van der Waals surface area contributed by atoms with Gasteiger partial charge in [-0.1, -0.05) is 141 Å². The molecule has 0 atom stereocenters. The SMILES string of the molecule is CC1(C)c2ccccc2-c2nc(-c3ccc(-c4ccc(-c5nccc6c7ccccc7n(-c7ccccc7)c56)cc4)cc3)n(-c3ccccc3)c21. The third-order valence-corrected chi connectivity index (χ3v) is 10.6.